The van der Waals surface area contributed by atoms with Gasteiger partial charge in [-0.05, 0) is 36.4 Å². The fourth-order valence-electron chi connectivity index (χ4n) is 3.94. The van der Waals surface area contributed by atoms with E-state index in [2.05, 4.69) is 15.0 Å². The second kappa shape index (κ2) is 8.95. The van der Waals surface area contributed by atoms with Gasteiger partial charge in [-0.1, -0.05) is 17.3 Å². The van der Waals surface area contributed by atoms with Crippen LogP contribution in [-0.2, 0) is 6.54 Å². The van der Waals surface area contributed by atoms with Crippen molar-refractivity contribution in [1.29, 1.82) is 0 Å². The van der Waals surface area contributed by atoms with Gasteiger partial charge in [0.2, 0.25) is 11.7 Å². The third-order valence-electron chi connectivity index (χ3n) is 5.77. The summed E-state index contributed by atoms with van der Waals surface area (Å²) in [5.41, 5.74) is 1.45. The molecule has 2 aromatic carbocycles. The average Bonchev–Trinajstić information content (AvgIpc) is 3.51. The maximum Gasteiger partial charge on any atom is 0.289 e. The SMILES string of the molecule is COc1ccc(-c2noc(CN3CCN(C(=O)c4cc5cccc(OC)c5o4)CC3)n2)cc1. The third-order valence-corrected chi connectivity index (χ3v) is 5.77. The van der Waals surface area contributed by atoms with Gasteiger partial charge in [0.1, 0.15) is 5.75 Å². The molecule has 170 valence electrons. The summed E-state index contributed by atoms with van der Waals surface area (Å²) in [6.45, 7) is 3.12. The van der Waals surface area contributed by atoms with Crippen LogP contribution in [0.15, 0.2) is 57.5 Å². The summed E-state index contributed by atoms with van der Waals surface area (Å²) in [5.74, 6) is 2.69. The Bertz CT molecular complexity index is 1260. The van der Waals surface area contributed by atoms with Crippen LogP contribution in [0.1, 0.15) is 16.4 Å². The predicted octanol–water partition coefficient (Wildman–Crippen LogP) is 3.46. The van der Waals surface area contributed by atoms with E-state index in [0.717, 1.165) is 16.7 Å². The van der Waals surface area contributed by atoms with Crippen LogP contribution in [0.4, 0.5) is 0 Å². The predicted molar refractivity (Wildman–Crippen MR) is 120 cm³/mol. The van der Waals surface area contributed by atoms with Crippen LogP contribution in [0.2, 0.25) is 0 Å². The molecule has 0 saturated carbocycles. The smallest absolute Gasteiger partial charge is 0.289 e. The zero-order chi connectivity index (χ0) is 22.8. The molecular formula is C24H24N4O5. The number of benzene rings is 2. The molecule has 33 heavy (non-hydrogen) atoms. The summed E-state index contributed by atoms with van der Waals surface area (Å²) in [5, 5.41) is 4.93. The number of hydrogen-bond donors (Lipinski definition) is 0. The lowest BCUT2D eigenvalue weighted by Crippen LogP contribution is -2.48. The van der Waals surface area contributed by atoms with Crippen LogP contribution in [0, 0.1) is 0 Å². The van der Waals surface area contributed by atoms with Crippen molar-refractivity contribution in [3.05, 3.63) is 60.2 Å². The van der Waals surface area contributed by atoms with Gasteiger partial charge in [0.25, 0.3) is 5.91 Å². The first-order valence-corrected chi connectivity index (χ1v) is 10.7. The molecule has 9 heteroatoms. The zero-order valence-corrected chi connectivity index (χ0v) is 18.5. The number of methoxy groups -OCH3 is 2. The molecule has 2 aromatic heterocycles. The van der Waals surface area contributed by atoms with E-state index in [1.165, 1.54) is 0 Å². The number of aromatic nitrogens is 2. The molecule has 0 spiro atoms. The van der Waals surface area contributed by atoms with Crippen LogP contribution in [0.3, 0.4) is 0 Å². The van der Waals surface area contributed by atoms with Crippen LogP contribution < -0.4 is 9.47 Å². The van der Waals surface area contributed by atoms with Gasteiger partial charge < -0.3 is 23.3 Å². The molecule has 1 aliphatic rings. The summed E-state index contributed by atoms with van der Waals surface area (Å²) in [6.07, 6.45) is 0. The highest BCUT2D eigenvalue weighted by Gasteiger charge is 2.26. The van der Waals surface area contributed by atoms with Gasteiger partial charge in [-0.3, -0.25) is 9.69 Å². The van der Waals surface area contributed by atoms with Gasteiger partial charge >= 0.3 is 0 Å². The highest BCUT2D eigenvalue weighted by molar-refractivity contribution is 5.97. The Labute approximate surface area is 190 Å². The lowest BCUT2D eigenvalue weighted by molar-refractivity contribution is 0.0587. The highest BCUT2D eigenvalue weighted by Crippen LogP contribution is 2.29. The van der Waals surface area contributed by atoms with E-state index < -0.39 is 0 Å². The minimum Gasteiger partial charge on any atom is -0.497 e. The van der Waals surface area contributed by atoms with Gasteiger partial charge in [0.05, 0.1) is 20.8 Å². The Balaban J connectivity index is 1.19. The van der Waals surface area contributed by atoms with Crippen LogP contribution in [0.25, 0.3) is 22.4 Å². The van der Waals surface area contributed by atoms with Gasteiger partial charge in [-0.25, -0.2) is 0 Å². The molecule has 0 bridgehead atoms. The van der Waals surface area contributed by atoms with Crippen molar-refractivity contribution in [3.8, 4) is 22.9 Å². The first-order valence-electron chi connectivity index (χ1n) is 10.7. The lowest BCUT2D eigenvalue weighted by atomic mass is 10.2. The number of piperazine rings is 1. The molecule has 1 aliphatic heterocycles. The van der Waals surface area contributed by atoms with Crippen LogP contribution >= 0.6 is 0 Å². The van der Waals surface area contributed by atoms with E-state index in [9.17, 15) is 4.79 Å². The first-order chi connectivity index (χ1) is 16.1. The number of furan rings is 1. The van der Waals surface area contributed by atoms with Crippen molar-refractivity contribution in [1.82, 2.24) is 19.9 Å². The van der Waals surface area contributed by atoms with Crippen molar-refractivity contribution in [2.24, 2.45) is 0 Å². The largest absolute Gasteiger partial charge is 0.497 e. The normalized spacial score (nSPS) is 14.5. The minimum absolute atomic E-state index is 0.118. The quantitative estimate of drug-likeness (QED) is 0.443. The Kier molecular flexibility index (Phi) is 5.70. The Morgan fingerprint density at radius 3 is 2.55 bits per heavy atom. The summed E-state index contributed by atoms with van der Waals surface area (Å²) in [7, 11) is 3.21. The monoisotopic (exact) mass is 448 g/mol. The molecule has 0 radical (unpaired) electrons. The van der Waals surface area contributed by atoms with E-state index in [1.54, 1.807) is 25.2 Å². The second-order valence-corrected chi connectivity index (χ2v) is 7.80. The average molecular weight is 448 g/mol. The molecule has 3 heterocycles. The molecule has 0 atom stereocenters. The Morgan fingerprint density at radius 2 is 1.82 bits per heavy atom. The molecule has 4 aromatic rings. The summed E-state index contributed by atoms with van der Waals surface area (Å²) in [6, 6.07) is 14.9. The molecule has 5 rings (SSSR count). The zero-order valence-electron chi connectivity index (χ0n) is 18.5. The summed E-state index contributed by atoms with van der Waals surface area (Å²) >= 11 is 0. The Hall–Kier alpha value is -3.85. The fourth-order valence-corrected chi connectivity index (χ4v) is 3.94. The molecule has 1 amide bonds. The standard InChI is InChI=1S/C24H24N4O5/c1-30-18-8-6-16(7-9-18)23-25-21(33-26-23)15-27-10-12-28(13-11-27)24(29)20-14-17-4-3-5-19(31-2)22(17)32-20/h3-9,14H,10-13,15H2,1-2H3. The molecule has 0 N–H and O–H groups in total. The van der Waals surface area contributed by atoms with Crippen molar-refractivity contribution in [2.75, 3.05) is 40.4 Å². The van der Waals surface area contributed by atoms with E-state index in [0.29, 0.717) is 61.5 Å². The lowest BCUT2D eigenvalue weighted by Gasteiger charge is -2.33. The van der Waals surface area contributed by atoms with Gasteiger partial charge in [-0.2, -0.15) is 4.98 Å². The first kappa shape index (κ1) is 21.0. The van der Waals surface area contributed by atoms with Crippen molar-refractivity contribution >= 4 is 16.9 Å². The number of nitrogens with zero attached hydrogens (tertiary/aromatic N) is 4. The highest BCUT2D eigenvalue weighted by atomic mass is 16.5. The number of fused-ring (bicyclic) bond motifs is 1. The Morgan fingerprint density at radius 1 is 1.03 bits per heavy atom. The van der Waals surface area contributed by atoms with Crippen molar-refractivity contribution in [3.63, 3.8) is 0 Å². The number of hydrogen-bond acceptors (Lipinski definition) is 8. The summed E-state index contributed by atoms with van der Waals surface area (Å²) in [4.78, 5) is 21.5. The number of carbonyl (C=O) groups is 1. The number of rotatable bonds is 6. The van der Waals surface area contributed by atoms with E-state index in [4.69, 9.17) is 18.4 Å². The number of amides is 1. The minimum atomic E-state index is -0.118. The molecule has 0 aliphatic carbocycles. The van der Waals surface area contributed by atoms with Crippen LogP contribution in [0.5, 0.6) is 11.5 Å². The molecule has 9 nitrogen and oxygen atoms in total. The molecular weight excluding hydrogens is 424 g/mol. The van der Waals surface area contributed by atoms with E-state index >= 15 is 0 Å². The number of carbonyl (C=O) groups excluding carboxylic acids is 1. The van der Waals surface area contributed by atoms with Crippen molar-refractivity contribution < 1.29 is 23.2 Å². The molecule has 0 unspecified atom stereocenters. The number of ether oxygens (including phenoxy) is 2. The van der Waals surface area contributed by atoms with Crippen molar-refractivity contribution in [2.45, 2.75) is 6.54 Å². The number of para-hydroxylation sites is 1. The van der Waals surface area contributed by atoms with Gasteiger partial charge in [0.15, 0.2) is 17.1 Å². The van der Waals surface area contributed by atoms with Gasteiger partial charge in [0, 0.05) is 37.1 Å². The van der Waals surface area contributed by atoms with E-state index in [1.807, 2.05) is 42.5 Å². The second-order valence-electron chi connectivity index (χ2n) is 7.80. The van der Waals surface area contributed by atoms with E-state index in [-0.39, 0.29) is 5.91 Å². The van der Waals surface area contributed by atoms with Crippen LogP contribution in [-0.4, -0.2) is 66.2 Å². The topological polar surface area (TPSA) is 94.1 Å². The molecule has 1 fully saturated rings. The summed E-state index contributed by atoms with van der Waals surface area (Å²) < 4.78 is 21.8. The molecule has 1 saturated heterocycles. The third kappa shape index (κ3) is 4.27. The maximum atomic E-state index is 13.0. The maximum absolute atomic E-state index is 13.0. The van der Waals surface area contributed by atoms with Gasteiger partial charge in [-0.15, -0.1) is 0 Å². The fraction of sp³-hybridized carbons (Fsp3) is 0.292.